The molecule has 4 rings (SSSR count). The smallest absolute Gasteiger partial charge is 0.307 e. The average Bonchev–Trinajstić information content (AvgIpc) is 3.10. The van der Waals surface area contributed by atoms with Gasteiger partial charge in [-0.25, -0.2) is 9.82 Å². The second kappa shape index (κ2) is 7.40. The van der Waals surface area contributed by atoms with Crippen LogP contribution in [0.4, 0.5) is 10.1 Å². The zero-order valence-corrected chi connectivity index (χ0v) is 18.7. The third-order valence-corrected chi connectivity index (χ3v) is 5.90. The molecule has 2 heterocycles. The summed E-state index contributed by atoms with van der Waals surface area (Å²) < 4.78 is 21.1. The van der Waals surface area contributed by atoms with Gasteiger partial charge in [0.2, 0.25) is 0 Å². The highest BCUT2D eigenvalue weighted by molar-refractivity contribution is 9.10. The first kappa shape index (κ1) is 20.3. The van der Waals surface area contributed by atoms with Crippen molar-refractivity contribution in [3.8, 4) is 0 Å². The van der Waals surface area contributed by atoms with Crippen molar-refractivity contribution in [3.05, 3.63) is 69.7 Å². The standard InChI is InChI=1S/C23H21BrFN3O2/c1-13-11-23(2,3)28(4)19-10-18(25)15(8-17(13)19)12-26-27-22(29)21-9-14-7-16(24)5-6-20(14)30-21/h5-12H,1-4H3,(H,27,29)/b26-12+. The van der Waals surface area contributed by atoms with Crippen LogP contribution in [0.3, 0.4) is 0 Å². The number of carbonyl (C=O) groups excluding carboxylic acids is 1. The number of halogens is 2. The van der Waals surface area contributed by atoms with E-state index in [0.29, 0.717) is 11.1 Å². The minimum atomic E-state index is -0.505. The number of allylic oxidation sites excluding steroid dienone is 1. The molecule has 0 radical (unpaired) electrons. The number of hydrazone groups is 1. The lowest BCUT2D eigenvalue weighted by molar-refractivity contribution is 0.0929. The summed E-state index contributed by atoms with van der Waals surface area (Å²) >= 11 is 3.39. The molecule has 0 bridgehead atoms. The van der Waals surface area contributed by atoms with E-state index in [1.807, 2.05) is 31.0 Å². The highest BCUT2D eigenvalue weighted by atomic mass is 79.9. The van der Waals surface area contributed by atoms with E-state index >= 15 is 0 Å². The second-order valence-corrected chi connectivity index (χ2v) is 8.84. The molecule has 154 valence electrons. The molecule has 1 aromatic heterocycles. The van der Waals surface area contributed by atoms with Gasteiger partial charge < -0.3 is 9.32 Å². The molecule has 30 heavy (non-hydrogen) atoms. The Morgan fingerprint density at radius 3 is 2.80 bits per heavy atom. The zero-order chi connectivity index (χ0) is 21.6. The minimum absolute atomic E-state index is 0.133. The molecule has 1 N–H and O–H groups in total. The molecule has 0 fully saturated rings. The Hall–Kier alpha value is -2.93. The number of amides is 1. The summed E-state index contributed by atoms with van der Waals surface area (Å²) in [6.45, 7) is 6.17. The number of rotatable bonds is 3. The first-order chi connectivity index (χ1) is 14.2. The predicted molar refractivity (Wildman–Crippen MR) is 122 cm³/mol. The SMILES string of the molecule is CC1=CC(C)(C)N(C)c2cc(F)c(/C=N/NC(=O)c3cc4cc(Br)ccc4o3)cc21. The zero-order valence-electron chi connectivity index (χ0n) is 17.1. The van der Waals surface area contributed by atoms with Crippen molar-refractivity contribution in [1.29, 1.82) is 0 Å². The average molecular weight is 470 g/mol. The minimum Gasteiger partial charge on any atom is -0.451 e. The molecule has 0 saturated heterocycles. The van der Waals surface area contributed by atoms with Gasteiger partial charge in [0.1, 0.15) is 11.4 Å². The van der Waals surface area contributed by atoms with Crippen molar-refractivity contribution < 1.29 is 13.6 Å². The summed E-state index contributed by atoms with van der Waals surface area (Å²) in [6.07, 6.45) is 3.45. The van der Waals surface area contributed by atoms with Crippen LogP contribution in [0, 0.1) is 5.82 Å². The van der Waals surface area contributed by atoms with Crippen LogP contribution in [0.1, 0.15) is 42.5 Å². The van der Waals surface area contributed by atoms with Gasteiger partial charge >= 0.3 is 5.91 Å². The third kappa shape index (κ3) is 3.65. The van der Waals surface area contributed by atoms with Crippen LogP contribution in [0.2, 0.25) is 0 Å². The Bertz CT molecular complexity index is 1230. The molecule has 1 aliphatic rings. The van der Waals surface area contributed by atoms with Gasteiger partial charge in [0.05, 0.1) is 11.8 Å². The molecule has 5 nitrogen and oxygen atoms in total. The van der Waals surface area contributed by atoms with Gasteiger partial charge in [-0.2, -0.15) is 5.10 Å². The Kier molecular flexibility index (Phi) is 5.02. The maximum atomic E-state index is 14.7. The normalized spacial score (nSPS) is 15.4. The summed E-state index contributed by atoms with van der Waals surface area (Å²) in [5.41, 5.74) is 5.93. The molecular weight excluding hydrogens is 449 g/mol. The van der Waals surface area contributed by atoms with Gasteiger partial charge in [-0.05, 0) is 62.7 Å². The quantitative estimate of drug-likeness (QED) is 0.393. The monoisotopic (exact) mass is 469 g/mol. The summed E-state index contributed by atoms with van der Waals surface area (Å²) in [6, 6.07) is 10.4. The van der Waals surface area contributed by atoms with Crippen LogP contribution in [0.5, 0.6) is 0 Å². The largest absolute Gasteiger partial charge is 0.451 e. The molecule has 1 amide bonds. The number of nitrogens with one attached hydrogen (secondary N) is 1. The van der Waals surface area contributed by atoms with E-state index in [0.717, 1.165) is 26.7 Å². The van der Waals surface area contributed by atoms with Crippen molar-refractivity contribution in [2.45, 2.75) is 26.3 Å². The van der Waals surface area contributed by atoms with Crippen molar-refractivity contribution in [1.82, 2.24) is 5.43 Å². The van der Waals surface area contributed by atoms with Gasteiger partial charge in [0.15, 0.2) is 5.76 Å². The molecule has 2 aromatic carbocycles. The summed E-state index contributed by atoms with van der Waals surface area (Å²) in [4.78, 5) is 14.4. The van der Waals surface area contributed by atoms with Crippen LogP contribution < -0.4 is 10.3 Å². The fourth-order valence-corrected chi connectivity index (χ4v) is 4.01. The summed E-state index contributed by atoms with van der Waals surface area (Å²) in [7, 11) is 1.95. The van der Waals surface area contributed by atoms with Crippen LogP contribution in [0.15, 0.2) is 56.5 Å². The fourth-order valence-electron chi connectivity index (χ4n) is 3.63. The molecule has 0 atom stereocenters. The number of likely N-dealkylation sites (N-methyl/N-ethyl adjacent to an activating group) is 1. The van der Waals surface area contributed by atoms with E-state index in [2.05, 4.69) is 46.4 Å². The maximum absolute atomic E-state index is 14.7. The Morgan fingerprint density at radius 2 is 2.03 bits per heavy atom. The topological polar surface area (TPSA) is 57.8 Å². The molecule has 3 aromatic rings. The Labute approximate surface area is 182 Å². The van der Waals surface area contributed by atoms with E-state index in [1.54, 1.807) is 18.2 Å². The van der Waals surface area contributed by atoms with E-state index in [9.17, 15) is 9.18 Å². The highest BCUT2D eigenvalue weighted by Crippen LogP contribution is 2.38. The van der Waals surface area contributed by atoms with E-state index in [-0.39, 0.29) is 11.3 Å². The van der Waals surface area contributed by atoms with Crippen molar-refractivity contribution in [3.63, 3.8) is 0 Å². The lowest BCUT2D eigenvalue weighted by Gasteiger charge is -2.40. The van der Waals surface area contributed by atoms with Crippen LogP contribution in [0.25, 0.3) is 16.5 Å². The molecular formula is C23H21BrFN3O2. The van der Waals surface area contributed by atoms with Gasteiger partial charge in [-0.1, -0.05) is 22.0 Å². The number of benzene rings is 2. The van der Waals surface area contributed by atoms with Crippen molar-refractivity contribution in [2.24, 2.45) is 5.10 Å². The van der Waals surface area contributed by atoms with E-state index < -0.39 is 11.7 Å². The molecule has 0 spiro atoms. The van der Waals surface area contributed by atoms with Crippen molar-refractivity contribution >= 4 is 50.3 Å². The lowest BCUT2D eigenvalue weighted by atomic mass is 9.88. The van der Waals surface area contributed by atoms with Gasteiger partial charge in [0, 0.05) is 33.7 Å². The summed E-state index contributed by atoms with van der Waals surface area (Å²) in [5.74, 6) is -0.777. The maximum Gasteiger partial charge on any atom is 0.307 e. The molecule has 7 heteroatoms. The highest BCUT2D eigenvalue weighted by Gasteiger charge is 2.29. The second-order valence-electron chi connectivity index (χ2n) is 7.92. The van der Waals surface area contributed by atoms with Gasteiger partial charge in [-0.3, -0.25) is 4.79 Å². The first-order valence-corrected chi connectivity index (χ1v) is 10.2. The molecule has 0 aliphatic carbocycles. The lowest BCUT2D eigenvalue weighted by Crippen LogP contribution is -2.42. The fraction of sp³-hybridized carbons (Fsp3) is 0.217. The summed E-state index contributed by atoms with van der Waals surface area (Å²) in [5, 5.41) is 4.72. The Balaban J connectivity index is 1.55. The van der Waals surface area contributed by atoms with Gasteiger partial charge in [0.25, 0.3) is 0 Å². The number of anilines is 1. The van der Waals surface area contributed by atoms with Crippen molar-refractivity contribution in [2.75, 3.05) is 11.9 Å². The van der Waals surface area contributed by atoms with Crippen LogP contribution in [-0.4, -0.2) is 24.7 Å². The molecule has 0 unspecified atom stereocenters. The molecule has 0 saturated carbocycles. The van der Waals surface area contributed by atoms with E-state index in [1.165, 1.54) is 12.3 Å². The number of carbonyl (C=O) groups is 1. The Morgan fingerprint density at radius 1 is 1.27 bits per heavy atom. The first-order valence-electron chi connectivity index (χ1n) is 9.45. The third-order valence-electron chi connectivity index (χ3n) is 5.41. The predicted octanol–water partition coefficient (Wildman–Crippen LogP) is 5.73. The van der Waals surface area contributed by atoms with E-state index in [4.69, 9.17) is 4.42 Å². The number of hydrogen-bond donors (Lipinski definition) is 1. The van der Waals surface area contributed by atoms with Gasteiger partial charge in [-0.15, -0.1) is 0 Å². The van der Waals surface area contributed by atoms with Crippen LogP contribution >= 0.6 is 15.9 Å². The molecule has 1 aliphatic heterocycles. The number of furan rings is 1. The number of nitrogens with zero attached hydrogens (tertiary/aromatic N) is 2. The van der Waals surface area contributed by atoms with Crippen LogP contribution in [-0.2, 0) is 0 Å². The number of fused-ring (bicyclic) bond motifs is 2. The number of hydrogen-bond acceptors (Lipinski definition) is 4.